The highest BCUT2D eigenvalue weighted by atomic mass is 35.5. The van der Waals surface area contributed by atoms with E-state index in [9.17, 15) is 4.79 Å². The number of nitrogens with two attached hydrogens (primary N) is 1. The largest absolute Gasteiger partial charge is 0.335 e. The number of carbonyl (C=O) groups excluding carboxylic acids is 1. The monoisotopic (exact) mass is 382 g/mol. The molecule has 0 aromatic heterocycles. The molecule has 3 unspecified atom stereocenters. The van der Waals surface area contributed by atoms with Crippen LogP contribution in [0.4, 0.5) is 0 Å². The average molecular weight is 383 g/mol. The summed E-state index contributed by atoms with van der Waals surface area (Å²) in [5, 5.41) is 0.753. The Bertz CT molecular complexity index is 592. The maximum absolute atomic E-state index is 13.2. The van der Waals surface area contributed by atoms with Gasteiger partial charge in [-0.1, -0.05) is 30.2 Å². The maximum Gasteiger partial charge on any atom is 0.226 e. The lowest BCUT2D eigenvalue weighted by Gasteiger charge is -2.44. The van der Waals surface area contributed by atoms with Gasteiger partial charge >= 0.3 is 0 Å². The van der Waals surface area contributed by atoms with Crippen LogP contribution in [0.15, 0.2) is 24.3 Å². The minimum absolute atomic E-state index is 0. The van der Waals surface area contributed by atoms with Crippen LogP contribution in [0.2, 0.25) is 5.02 Å². The first-order chi connectivity index (χ1) is 11.6. The molecule has 1 saturated heterocycles. The molecule has 3 nitrogen and oxygen atoms in total. The normalized spacial score (nSPS) is 34.5. The van der Waals surface area contributed by atoms with Crippen LogP contribution in [0, 0.1) is 17.8 Å². The smallest absolute Gasteiger partial charge is 0.226 e. The molecule has 1 aromatic rings. The van der Waals surface area contributed by atoms with Crippen molar-refractivity contribution in [2.45, 2.75) is 57.0 Å². The van der Waals surface area contributed by atoms with Crippen molar-refractivity contribution in [2.24, 2.45) is 23.5 Å². The quantitative estimate of drug-likeness (QED) is 0.813. The number of halogens is 2. The second-order valence-corrected chi connectivity index (χ2v) is 8.37. The molecule has 2 bridgehead atoms. The average Bonchev–Trinajstić information content (AvgIpc) is 3.04. The van der Waals surface area contributed by atoms with Gasteiger partial charge in [-0.05, 0) is 68.1 Å². The summed E-state index contributed by atoms with van der Waals surface area (Å²) in [6.45, 7) is 0.893. The van der Waals surface area contributed by atoms with Crippen LogP contribution in [0.25, 0.3) is 0 Å². The Balaban J connectivity index is 0.00000182. The molecule has 3 aliphatic rings. The van der Waals surface area contributed by atoms with Gasteiger partial charge in [0.2, 0.25) is 5.91 Å². The molecule has 3 atom stereocenters. The summed E-state index contributed by atoms with van der Waals surface area (Å²) in [7, 11) is 0. The predicted molar refractivity (Wildman–Crippen MR) is 104 cm³/mol. The van der Waals surface area contributed by atoms with Crippen LogP contribution in [0.1, 0.15) is 56.6 Å². The van der Waals surface area contributed by atoms with Gasteiger partial charge in [0.25, 0.3) is 0 Å². The Morgan fingerprint density at radius 3 is 2.32 bits per heavy atom. The van der Waals surface area contributed by atoms with Crippen LogP contribution in [-0.4, -0.2) is 23.4 Å². The molecule has 1 amide bonds. The fourth-order valence-electron chi connectivity index (χ4n) is 5.29. The standard InChI is InChI=1S/C20H27ClN2O.ClH/c21-17-8-6-13(7-9-17)18-5-2-10-23(18)20(24)16-11-14-3-1-4-15(12-16)19(14)22;/h6-9,14-16,18-19H,1-5,10-12,22H2;1H. The molecule has 0 radical (unpaired) electrons. The van der Waals surface area contributed by atoms with Crippen molar-refractivity contribution in [3.8, 4) is 0 Å². The molecule has 2 aliphatic carbocycles. The molecule has 2 saturated carbocycles. The van der Waals surface area contributed by atoms with Crippen LogP contribution in [-0.2, 0) is 4.79 Å². The van der Waals surface area contributed by atoms with E-state index in [4.69, 9.17) is 17.3 Å². The Morgan fingerprint density at radius 2 is 1.68 bits per heavy atom. The number of likely N-dealkylation sites (tertiary alicyclic amines) is 1. The fraction of sp³-hybridized carbons (Fsp3) is 0.650. The van der Waals surface area contributed by atoms with Gasteiger partial charge in [0.15, 0.2) is 0 Å². The second kappa shape index (κ2) is 7.85. The van der Waals surface area contributed by atoms with Crippen molar-refractivity contribution >= 4 is 29.9 Å². The van der Waals surface area contributed by atoms with Crippen LogP contribution in [0.5, 0.6) is 0 Å². The third-order valence-corrected chi connectivity index (χ3v) is 6.80. The van der Waals surface area contributed by atoms with Crippen molar-refractivity contribution in [1.29, 1.82) is 0 Å². The van der Waals surface area contributed by atoms with E-state index in [1.165, 1.54) is 24.8 Å². The van der Waals surface area contributed by atoms with Gasteiger partial charge in [0.05, 0.1) is 6.04 Å². The zero-order valence-corrected chi connectivity index (χ0v) is 16.1. The topological polar surface area (TPSA) is 46.3 Å². The number of hydrogen-bond donors (Lipinski definition) is 1. The zero-order valence-electron chi connectivity index (χ0n) is 14.6. The first kappa shape index (κ1) is 19.0. The minimum Gasteiger partial charge on any atom is -0.335 e. The summed E-state index contributed by atoms with van der Waals surface area (Å²) in [6, 6.07) is 8.57. The van der Waals surface area contributed by atoms with Crippen molar-refractivity contribution in [1.82, 2.24) is 4.90 Å². The highest BCUT2D eigenvalue weighted by Gasteiger charge is 2.43. The number of hydrogen-bond acceptors (Lipinski definition) is 2. The number of carbonyl (C=O) groups is 1. The van der Waals surface area contributed by atoms with Crippen molar-refractivity contribution in [3.63, 3.8) is 0 Å². The maximum atomic E-state index is 13.2. The zero-order chi connectivity index (χ0) is 16.7. The minimum atomic E-state index is 0. The van der Waals surface area contributed by atoms with Crippen molar-refractivity contribution in [3.05, 3.63) is 34.9 Å². The van der Waals surface area contributed by atoms with Crippen LogP contribution < -0.4 is 5.73 Å². The van der Waals surface area contributed by atoms with E-state index in [1.807, 2.05) is 12.1 Å². The highest BCUT2D eigenvalue weighted by Crippen LogP contribution is 2.44. The molecule has 1 heterocycles. The van der Waals surface area contributed by atoms with E-state index in [0.29, 0.717) is 23.8 Å². The van der Waals surface area contributed by atoms with Gasteiger partial charge in [0.1, 0.15) is 0 Å². The lowest BCUT2D eigenvalue weighted by Crippen LogP contribution is -2.49. The third kappa shape index (κ3) is 3.70. The lowest BCUT2D eigenvalue weighted by molar-refractivity contribution is -0.139. The highest BCUT2D eigenvalue weighted by molar-refractivity contribution is 6.30. The molecule has 25 heavy (non-hydrogen) atoms. The third-order valence-electron chi connectivity index (χ3n) is 6.55. The van der Waals surface area contributed by atoms with Crippen LogP contribution in [0.3, 0.4) is 0 Å². The Kier molecular flexibility index (Phi) is 5.97. The molecular formula is C20H28Cl2N2O. The van der Waals surface area contributed by atoms with E-state index < -0.39 is 0 Å². The van der Waals surface area contributed by atoms with E-state index in [0.717, 1.165) is 37.3 Å². The number of amides is 1. The summed E-state index contributed by atoms with van der Waals surface area (Å²) in [5.41, 5.74) is 7.62. The second-order valence-electron chi connectivity index (χ2n) is 7.94. The molecule has 3 fully saturated rings. The van der Waals surface area contributed by atoms with E-state index in [2.05, 4.69) is 17.0 Å². The van der Waals surface area contributed by atoms with E-state index in [-0.39, 0.29) is 24.4 Å². The number of benzene rings is 1. The first-order valence-electron chi connectivity index (χ1n) is 9.45. The summed E-state index contributed by atoms with van der Waals surface area (Å²) in [4.78, 5) is 15.4. The SMILES string of the molecule is Cl.NC1C2CCCC1CC(C(=O)N1CCCC1c1ccc(Cl)cc1)C2. The van der Waals surface area contributed by atoms with Crippen molar-refractivity contribution < 1.29 is 4.79 Å². The Morgan fingerprint density at radius 1 is 1.04 bits per heavy atom. The summed E-state index contributed by atoms with van der Waals surface area (Å²) >= 11 is 6.01. The fourth-order valence-corrected chi connectivity index (χ4v) is 5.41. The molecular weight excluding hydrogens is 355 g/mol. The van der Waals surface area contributed by atoms with E-state index in [1.54, 1.807) is 0 Å². The number of fused-ring (bicyclic) bond motifs is 2. The number of rotatable bonds is 2. The molecule has 2 N–H and O–H groups in total. The predicted octanol–water partition coefficient (Wildman–Crippen LogP) is 4.58. The van der Waals surface area contributed by atoms with Crippen LogP contribution >= 0.6 is 24.0 Å². The van der Waals surface area contributed by atoms with Gasteiger partial charge in [0, 0.05) is 23.5 Å². The molecule has 4 rings (SSSR count). The first-order valence-corrected chi connectivity index (χ1v) is 9.83. The van der Waals surface area contributed by atoms with Crippen molar-refractivity contribution in [2.75, 3.05) is 6.54 Å². The van der Waals surface area contributed by atoms with Gasteiger partial charge < -0.3 is 10.6 Å². The molecule has 1 aliphatic heterocycles. The lowest BCUT2D eigenvalue weighted by atomic mass is 9.65. The van der Waals surface area contributed by atoms with Gasteiger partial charge in [-0.2, -0.15) is 0 Å². The van der Waals surface area contributed by atoms with Gasteiger partial charge in [-0.25, -0.2) is 0 Å². The van der Waals surface area contributed by atoms with Gasteiger partial charge in [-0.15, -0.1) is 12.4 Å². The molecule has 138 valence electrons. The summed E-state index contributed by atoms with van der Waals surface area (Å²) in [6.07, 6.45) is 7.87. The number of nitrogens with zero attached hydrogens (tertiary/aromatic N) is 1. The molecule has 5 heteroatoms. The van der Waals surface area contributed by atoms with Gasteiger partial charge in [-0.3, -0.25) is 4.79 Å². The Labute approximate surface area is 161 Å². The summed E-state index contributed by atoms with van der Waals surface area (Å²) < 4.78 is 0. The summed E-state index contributed by atoms with van der Waals surface area (Å²) in [5.74, 6) is 1.68. The Hall–Kier alpha value is -0.770. The molecule has 0 spiro atoms. The van der Waals surface area contributed by atoms with E-state index >= 15 is 0 Å². The molecule has 1 aromatic carbocycles.